The number of carbonyl (C=O) groups excluding carboxylic acids is 1. The van der Waals surface area contributed by atoms with Gasteiger partial charge in [0, 0.05) is 24.6 Å². The molecule has 1 aliphatic rings. The number of likely N-dealkylation sites (tertiary alicyclic amines) is 1. The number of hydrogen-bond acceptors (Lipinski definition) is 6. The van der Waals surface area contributed by atoms with Crippen molar-refractivity contribution in [1.29, 1.82) is 0 Å². The fraction of sp³-hybridized carbons (Fsp3) is 0.269. The number of oxazole rings is 1. The second-order valence-electron chi connectivity index (χ2n) is 8.29. The van der Waals surface area contributed by atoms with E-state index in [1.165, 1.54) is 12.1 Å². The lowest BCUT2D eigenvalue weighted by atomic mass is 10.0. The van der Waals surface area contributed by atoms with E-state index in [-0.39, 0.29) is 23.5 Å². The summed E-state index contributed by atoms with van der Waals surface area (Å²) in [5.74, 6) is 1.51. The molecule has 2 aromatic carbocycles. The van der Waals surface area contributed by atoms with Crippen LogP contribution in [0.3, 0.4) is 0 Å². The number of hydrogen-bond donors (Lipinski definition) is 0. The Labute approximate surface area is 196 Å². The summed E-state index contributed by atoms with van der Waals surface area (Å²) in [5, 5.41) is 4.09. The lowest BCUT2D eigenvalue weighted by Gasteiger charge is -2.32. The topological polar surface area (TPSA) is 81.6 Å². The molecule has 5 rings (SSSR count). The van der Waals surface area contributed by atoms with Gasteiger partial charge in [-0.2, -0.15) is 0 Å². The number of aromatic nitrogens is 2. The molecular formula is C26H24FN3O4. The lowest BCUT2D eigenvalue weighted by molar-refractivity contribution is 0.0528. The Hall–Kier alpha value is -3.94. The van der Waals surface area contributed by atoms with E-state index in [1.807, 2.05) is 24.3 Å². The molecule has 0 bridgehead atoms. The molecule has 2 aromatic heterocycles. The average Bonchev–Trinajstić information content (AvgIpc) is 3.55. The number of nitrogens with zero attached hydrogens (tertiary/aromatic N) is 3. The third kappa shape index (κ3) is 4.57. The number of benzene rings is 2. The van der Waals surface area contributed by atoms with Gasteiger partial charge in [-0.15, -0.1) is 0 Å². The van der Waals surface area contributed by atoms with Crippen molar-refractivity contribution in [3.05, 3.63) is 89.6 Å². The smallest absolute Gasteiger partial charge is 0.293 e. The Bertz CT molecular complexity index is 1280. The van der Waals surface area contributed by atoms with Gasteiger partial charge in [0.1, 0.15) is 29.1 Å². The number of halogens is 1. The highest BCUT2D eigenvalue weighted by atomic mass is 19.1. The van der Waals surface area contributed by atoms with Crippen LogP contribution in [0.5, 0.6) is 5.75 Å². The molecule has 1 amide bonds. The summed E-state index contributed by atoms with van der Waals surface area (Å²) in [6.45, 7) is 0.578. The van der Waals surface area contributed by atoms with E-state index >= 15 is 0 Å². The van der Waals surface area contributed by atoms with Gasteiger partial charge < -0.3 is 18.6 Å². The molecule has 1 aliphatic heterocycles. The van der Waals surface area contributed by atoms with Crippen LogP contribution in [-0.4, -0.2) is 34.6 Å². The predicted octanol–water partition coefficient (Wildman–Crippen LogP) is 5.44. The van der Waals surface area contributed by atoms with E-state index in [9.17, 15) is 9.18 Å². The highest BCUT2D eigenvalue weighted by Gasteiger charge is 2.33. The maximum absolute atomic E-state index is 13.3. The van der Waals surface area contributed by atoms with Crippen LogP contribution in [0.1, 0.15) is 53.1 Å². The molecule has 4 aromatic rings. The molecule has 1 atom stereocenters. The fourth-order valence-corrected chi connectivity index (χ4v) is 4.23. The predicted molar refractivity (Wildman–Crippen MR) is 122 cm³/mol. The van der Waals surface area contributed by atoms with Crippen LogP contribution in [0.15, 0.2) is 69.7 Å². The Kier molecular flexibility index (Phi) is 6.12. The average molecular weight is 461 g/mol. The molecular weight excluding hydrogens is 437 g/mol. The van der Waals surface area contributed by atoms with Crippen LogP contribution < -0.4 is 4.74 Å². The number of carbonyl (C=O) groups is 1. The molecule has 0 N–H and O–H groups in total. The van der Waals surface area contributed by atoms with Crippen LogP contribution >= 0.6 is 0 Å². The fourth-order valence-electron chi connectivity index (χ4n) is 4.23. The van der Waals surface area contributed by atoms with Gasteiger partial charge in [-0.3, -0.25) is 4.79 Å². The van der Waals surface area contributed by atoms with Crippen LogP contribution in [-0.2, 0) is 6.42 Å². The standard InChI is InChI=1S/C26H24FN3O4/c1-32-20-6-4-5-18(14-20)22-15-24(34-29-22)26(31)30-12-3-2-7-23(30)25-28-16-21(33-25)13-17-8-10-19(27)11-9-17/h4-6,8-11,14-16,23H,2-3,7,12-13H2,1H3. The maximum atomic E-state index is 13.3. The number of rotatable bonds is 6. The molecule has 174 valence electrons. The van der Waals surface area contributed by atoms with Crippen LogP contribution in [0.2, 0.25) is 0 Å². The van der Waals surface area contributed by atoms with E-state index in [1.54, 1.807) is 36.4 Å². The van der Waals surface area contributed by atoms with Crippen molar-refractivity contribution in [3.8, 4) is 17.0 Å². The van der Waals surface area contributed by atoms with Gasteiger partial charge >= 0.3 is 0 Å². The van der Waals surface area contributed by atoms with Crippen LogP contribution in [0.25, 0.3) is 11.3 Å². The quantitative estimate of drug-likeness (QED) is 0.381. The largest absolute Gasteiger partial charge is 0.497 e. The first-order chi connectivity index (χ1) is 16.6. The van der Waals surface area contributed by atoms with Crippen molar-refractivity contribution in [2.75, 3.05) is 13.7 Å². The maximum Gasteiger partial charge on any atom is 0.293 e. The van der Waals surface area contributed by atoms with Crippen molar-refractivity contribution in [3.63, 3.8) is 0 Å². The SMILES string of the molecule is COc1cccc(-c2cc(C(=O)N3CCCCC3c3ncc(Cc4ccc(F)cc4)o3)on2)c1. The van der Waals surface area contributed by atoms with E-state index < -0.39 is 0 Å². The lowest BCUT2D eigenvalue weighted by Crippen LogP contribution is -2.38. The zero-order valence-corrected chi connectivity index (χ0v) is 18.7. The third-order valence-corrected chi connectivity index (χ3v) is 6.00. The molecule has 34 heavy (non-hydrogen) atoms. The summed E-state index contributed by atoms with van der Waals surface area (Å²) in [4.78, 5) is 19.5. The van der Waals surface area contributed by atoms with Crippen molar-refractivity contribution in [2.45, 2.75) is 31.7 Å². The minimum absolute atomic E-state index is 0.169. The highest BCUT2D eigenvalue weighted by molar-refractivity contribution is 5.92. The first-order valence-electron chi connectivity index (χ1n) is 11.2. The number of piperidine rings is 1. The molecule has 0 radical (unpaired) electrons. The highest BCUT2D eigenvalue weighted by Crippen LogP contribution is 2.33. The van der Waals surface area contributed by atoms with E-state index in [2.05, 4.69) is 10.1 Å². The van der Waals surface area contributed by atoms with Gasteiger partial charge in [-0.25, -0.2) is 9.37 Å². The molecule has 1 saturated heterocycles. The first kappa shape index (κ1) is 21.9. The van der Waals surface area contributed by atoms with Gasteiger partial charge in [0.25, 0.3) is 5.91 Å². The van der Waals surface area contributed by atoms with Gasteiger partial charge in [0.05, 0.1) is 13.3 Å². The molecule has 3 heterocycles. The normalized spacial score (nSPS) is 15.9. The summed E-state index contributed by atoms with van der Waals surface area (Å²) < 4.78 is 29.9. The summed E-state index contributed by atoms with van der Waals surface area (Å²) in [6.07, 6.45) is 4.78. The molecule has 0 saturated carbocycles. The van der Waals surface area contributed by atoms with Gasteiger partial charge in [0.15, 0.2) is 0 Å². The minimum Gasteiger partial charge on any atom is -0.497 e. The molecule has 1 fully saturated rings. The van der Waals surface area contributed by atoms with Crippen molar-refractivity contribution in [2.24, 2.45) is 0 Å². The van der Waals surface area contributed by atoms with E-state index in [0.717, 1.165) is 30.4 Å². The monoisotopic (exact) mass is 461 g/mol. The second kappa shape index (κ2) is 9.51. The zero-order valence-electron chi connectivity index (χ0n) is 18.7. The molecule has 1 unspecified atom stereocenters. The van der Waals surface area contributed by atoms with Gasteiger partial charge in [0.2, 0.25) is 11.7 Å². The van der Waals surface area contributed by atoms with Crippen LogP contribution in [0, 0.1) is 5.82 Å². The van der Waals surface area contributed by atoms with Crippen molar-refractivity contribution >= 4 is 5.91 Å². The third-order valence-electron chi connectivity index (χ3n) is 6.00. The summed E-state index contributed by atoms with van der Waals surface area (Å²) in [6, 6.07) is 15.1. The molecule has 8 heteroatoms. The summed E-state index contributed by atoms with van der Waals surface area (Å²) >= 11 is 0. The summed E-state index contributed by atoms with van der Waals surface area (Å²) in [7, 11) is 1.60. The molecule has 0 aliphatic carbocycles. The Morgan fingerprint density at radius 1 is 1.18 bits per heavy atom. The Morgan fingerprint density at radius 3 is 2.85 bits per heavy atom. The van der Waals surface area contributed by atoms with Gasteiger partial charge in [-0.05, 0) is 49.1 Å². The second-order valence-corrected chi connectivity index (χ2v) is 8.29. The Morgan fingerprint density at radius 2 is 2.03 bits per heavy atom. The molecule has 7 nitrogen and oxygen atoms in total. The summed E-state index contributed by atoms with van der Waals surface area (Å²) in [5.41, 5.74) is 2.29. The van der Waals surface area contributed by atoms with E-state index in [4.69, 9.17) is 13.7 Å². The molecule has 0 spiro atoms. The van der Waals surface area contributed by atoms with Gasteiger partial charge in [-0.1, -0.05) is 29.4 Å². The van der Waals surface area contributed by atoms with Crippen molar-refractivity contribution in [1.82, 2.24) is 15.0 Å². The van der Waals surface area contributed by atoms with Crippen molar-refractivity contribution < 1.29 is 22.9 Å². The number of methoxy groups -OCH3 is 1. The minimum atomic E-state index is -0.284. The Balaban J connectivity index is 1.34. The number of amides is 1. The van der Waals surface area contributed by atoms with Crippen LogP contribution in [0.4, 0.5) is 4.39 Å². The number of ether oxygens (including phenoxy) is 1. The zero-order chi connectivity index (χ0) is 23.5. The first-order valence-corrected chi connectivity index (χ1v) is 11.2. The van der Waals surface area contributed by atoms with E-state index in [0.29, 0.717) is 36.1 Å².